The molecular formula is C11H21NOS. The molecule has 0 heterocycles. The van der Waals surface area contributed by atoms with Gasteiger partial charge in [-0.3, -0.25) is 4.79 Å². The zero-order valence-corrected chi connectivity index (χ0v) is 9.85. The molecular weight excluding hydrogens is 194 g/mol. The van der Waals surface area contributed by atoms with Crippen molar-refractivity contribution in [2.75, 3.05) is 18.8 Å². The van der Waals surface area contributed by atoms with Crippen LogP contribution in [0, 0.1) is 0 Å². The van der Waals surface area contributed by atoms with E-state index in [1.807, 2.05) is 0 Å². The maximum atomic E-state index is 10.4. The minimum Gasteiger partial charge on any atom is -0.312 e. The molecule has 82 valence electrons. The van der Waals surface area contributed by atoms with Gasteiger partial charge in [0.15, 0.2) is 0 Å². The van der Waals surface area contributed by atoms with Crippen molar-refractivity contribution in [2.24, 2.45) is 0 Å². The molecule has 14 heavy (non-hydrogen) atoms. The molecule has 1 N–H and O–H groups in total. The number of allylic oxidation sites excluding steroid dienone is 1. The van der Waals surface area contributed by atoms with Gasteiger partial charge < -0.3 is 5.32 Å². The Morgan fingerprint density at radius 2 is 2.21 bits per heavy atom. The van der Waals surface area contributed by atoms with Crippen molar-refractivity contribution in [3.05, 3.63) is 11.6 Å². The standard InChI is InChI=1S/C11H21NOS/c1-2-3-4-5-11(6-8-13)10-12-7-9-14/h6,8,12,14H,2-5,7,9-10H2,1H3/b11-6-. The van der Waals surface area contributed by atoms with Gasteiger partial charge in [0.2, 0.25) is 0 Å². The van der Waals surface area contributed by atoms with E-state index in [2.05, 4.69) is 24.9 Å². The fraction of sp³-hybridized carbons (Fsp3) is 0.727. The van der Waals surface area contributed by atoms with Crippen molar-refractivity contribution in [1.82, 2.24) is 5.32 Å². The van der Waals surface area contributed by atoms with Crippen molar-refractivity contribution < 1.29 is 4.79 Å². The van der Waals surface area contributed by atoms with Gasteiger partial charge in [-0.25, -0.2) is 0 Å². The molecule has 0 saturated carbocycles. The van der Waals surface area contributed by atoms with E-state index in [1.54, 1.807) is 6.08 Å². The number of aldehydes is 1. The van der Waals surface area contributed by atoms with Gasteiger partial charge in [-0.15, -0.1) is 0 Å². The first-order chi connectivity index (χ1) is 6.85. The van der Waals surface area contributed by atoms with Crippen LogP contribution in [0.5, 0.6) is 0 Å². The SMILES string of the molecule is CCCCC/C(=C/C=O)CNCCS. The highest BCUT2D eigenvalue weighted by Crippen LogP contribution is 2.07. The number of rotatable bonds is 9. The predicted octanol–water partition coefficient (Wildman–Crippen LogP) is 2.21. The van der Waals surface area contributed by atoms with Gasteiger partial charge in [-0.2, -0.15) is 12.6 Å². The highest BCUT2D eigenvalue weighted by molar-refractivity contribution is 7.80. The third kappa shape index (κ3) is 8.32. The fourth-order valence-corrected chi connectivity index (χ4v) is 1.42. The first-order valence-corrected chi connectivity index (χ1v) is 5.93. The highest BCUT2D eigenvalue weighted by Gasteiger charge is 1.96. The van der Waals surface area contributed by atoms with Crippen LogP contribution < -0.4 is 5.32 Å². The number of nitrogens with one attached hydrogen (secondary N) is 1. The number of carbonyl (C=O) groups excluding carboxylic acids is 1. The van der Waals surface area contributed by atoms with E-state index < -0.39 is 0 Å². The summed E-state index contributed by atoms with van der Waals surface area (Å²) in [6.07, 6.45) is 7.23. The monoisotopic (exact) mass is 215 g/mol. The molecule has 0 aromatic carbocycles. The zero-order valence-electron chi connectivity index (χ0n) is 8.96. The van der Waals surface area contributed by atoms with Crippen LogP contribution in [0.1, 0.15) is 32.6 Å². The van der Waals surface area contributed by atoms with Crippen molar-refractivity contribution in [1.29, 1.82) is 0 Å². The summed E-state index contributed by atoms with van der Waals surface area (Å²) in [6, 6.07) is 0. The van der Waals surface area contributed by atoms with Crippen LogP contribution in [0.25, 0.3) is 0 Å². The lowest BCUT2D eigenvalue weighted by Crippen LogP contribution is -2.19. The van der Waals surface area contributed by atoms with Crippen LogP contribution in [0.2, 0.25) is 0 Å². The average Bonchev–Trinajstić information content (AvgIpc) is 2.18. The van der Waals surface area contributed by atoms with Gasteiger partial charge in [-0.05, 0) is 18.9 Å². The summed E-state index contributed by atoms with van der Waals surface area (Å²) in [5.74, 6) is 0.837. The molecule has 0 aliphatic carbocycles. The Labute approximate surface area is 92.6 Å². The molecule has 0 aromatic rings. The van der Waals surface area contributed by atoms with E-state index in [0.717, 1.165) is 31.5 Å². The Morgan fingerprint density at radius 1 is 1.43 bits per heavy atom. The Hall–Kier alpha value is -0.280. The van der Waals surface area contributed by atoms with E-state index in [1.165, 1.54) is 24.8 Å². The molecule has 0 aliphatic heterocycles. The van der Waals surface area contributed by atoms with Gasteiger partial charge >= 0.3 is 0 Å². The summed E-state index contributed by atoms with van der Waals surface area (Å²) in [6.45, 7) is 3.90. The smallest absolute Gasteiger partial charge is 0.142 e. The lowest BCUT2D eigenvalue weighted by Gasteiger charge is -2.06. The largest absolute Gasteiger partial charge is 0.312 e. The van der Waals surface area contributed by atoms with Gasteiger partial charge in [-0.1, -0.05) is 25.3 Å². The summed E-state index contributed by atoms with van der Waals surface area (Å²) < 4.78 is 0. The number of hydrogen-bond acceptors (Lipinski definition) is 3. The molecule has 0 fully saturated rings. The molecule has 0 spiro atoms. The van der Waals surface area contributed by atoms with Crippen LogP contribution in [0.3, 0.4) is 0 Å². The summed E-state index contributed by atoms with van der Waals surface area (Å²) in [7, 11) is 0. The Kier molecular flexibility index (Phi) is 10.6. The predicted molar refractivity (Wildman–Crippen MR) is 65.0 cm³/mol. The third-order valence-electron chi connectivity index (χ3n) is 2.05. The Balaban J connectivity index is 3.67. The molecule has 0 bridgehead atoms. The van der Waals surface area contributed by atoms with Crippen LogP contribution in [0.4, 0.5) is 0 Å². The molecule has 0 atom stereocenters. The van der Waals surface area contributed by atoms with Gasteiger partial charge in [0.05, 0.1) is 0 Å². The Bertz CT molecular complexity index is 157. The second-order valence-electron chi connectivity index (χ2n) is 3.32. The van der Waals surface area contributed by atoms with E-state index >= 15 is 0 Å². The summed E-state index contributed by atoms with van der Waals surface area (Å²) in [5.41, 5.74) is 1.20. The molecule has 0 aromatic heterocycles. The second kappa shape index (κ2) is 10.8. The molecule has 0 saturated heterocycles. The van der Waals surface area contributed by atoms with Gasteiger partial charge in [0.25, 0.3) is 0 Å². The molecule has 0 aliphatic rings. The molecule has 0 radical (unpaired) electrons. The Morgan fingerprint density at radius 3 is 2.79 bits per heavy atom. The van der Waals surface area contributed by atoms with Crippen molar-refractivity contribution in [3.63, 3.8) is 0 Å². The quantitative estimate of drug-likeness (QED) is 0.267. The van der Waals surface area contributed by atoms with Gasteiger partial charge in [0, 0.05) is 18.8 Å². The molecule has 0 rings (SSSR count). The molecule has 3 heteroatoms. The number of unbranched alkanes of at least 4 members (excludes halogenated alkanes) is 2. The summed E-state index contributed by atoms with van der Waals surface area (Å²) in [4.78, 5) is 10.4. The first kappa shape index (κ1) is 13.7. The van der Waals surface area contributed by atoms with Crippen molar-refractivity contribution in [3.8, 4) is 0 Å². The van der Waals surface area contributed by atoms with E-state index in [0.29, 0.717) is 0 Å². The minimum atomic E-state index is 0.822. The average molecular weight is 215 g/mol. The molecule has 0 unspecified atom stereocenters. The van der Waals surface area contributed by atoms with Crippen LogP contribution >= 0.6 is 12.6 Å². The van der Waals surface area contributed by atoms with E-state index in [-0.39, 0.29) is 0 Å². The lowest BCUT2D eigenvalue weighted by atomic mass is 10.1. The van der Waals surface area contributed by atoms with E-state index in [4.69, 9.17) is 0 Å². The zero-order chi connectivity index (χ0) is 10.6. The fourth-order valence-electron chi connectivity index (χ4n) is 1.26. The molecule has 2 nitrogen and oxygen atoms in total. The number of thiol groups is 1. The van der Waals surface area contributed by atoms with E-state index in [9.17, 15) is 4.79 Å². The van der Waals surface area contributed by atoms with Crippen molar-refractivity contribution in [2.45, 2.75) is 32.6 Å². The minimum absolute atomic E-state index is 0.822. The lowest BCUT2D eigenvalue weighted by molar-refractivity contribution is -0.104. The third-order valence-corrected chi connectivity index (χ3v) is 2.27. The van der Waals surface area contributed by atoms with Gasteiger partial charge in [0.1, 0.15) is 6.29 Å². The normalized spacial score (nSPS) is 11.7. The maximum Gasteiger partial charge on any atom is 0.142 e. The second-order valence-corrected chi connectivity index (χ2v) is 3.77. The topological polar surface area (TPSA) is 29.1 Å². The number of hydrogen-bond donors (Lipinski definition) is 2. The van der Waals surface area contributed by atoms with Crippen LogP contribution in [-0.2, 0) is 4.79 Å². The number of carbonyl (C=O) groups is 1. The van der Waals surface area contributed by atoms with Crippen LogP contribution in [0.15, 0.2) is 11.6 Å². The molecule has 0 amide bonds. The maximum absolute atomic E-state index is 10.4. The highest BCUT2D eigenvalue weighted by atomic mass is 32.1. The van der Waals surface area contributed by atoms with Crippen molar-refractivity contribution >= 4 is 18.9 Å². The summed E-state index contributed by atoms with van der Waals surface area (Å²) in [5, 5.41) is 3.24. The first-order valence-electron chi connectivity index (χ1n) is 5.30. The van der Waals surface area contributed by atoms with Crippen LogP contribution in [-0.4, -0.2) is 25.1 Å². The summed E-state index contributed by atoms with van der Waals surface area (Å²) >= 11 is 4.11.